The molecule has 2 aliphatic rings. The number of hydrogen-bond acceptors (Lipinski definition) is 1. The quantitative estimate of drug-likeness (QED) is 0.580. The Morgan fingerprint density at radius 1 is 1.36 bits per heavy atom. The second-order valence-corrected chi connectivity index (χ2v) is 4.83. The molecule has 0 N–H and O–H groups in total. The van der Waals surface area contributed by atoms with Gasteiger partial charge in [-0.15, -0.1) is 0 Å². The maximum Gasteiger partial charge on any atom is 0.208 e. The number of fused-ring (bicyclic) bond motifs is 1. The first-order chi connectivity index (χ1) is 6.81. The smallest absolute Gasteiger partial charge is 0.208 e. The van der Waals surface area contributed by atoms with E-state index in [1.54, 1.807) is 0 Å². The second-order valence-electron chi connectivity index (χ2n) is 4.83. The van der Waals surface area contributed by atoms with Crippen LogP contribution in [0.2, 0.25) is 0 Å². The highest BCUT2D eigenvalue weighted by Gasteiger charge is 2.34. The highest BCUT2D eigenvalue weighted by Crippen LogP contribution is 2.26. The van der Waals surface area contributed by atoms with E-state index < -0.39 is 0 Å². The van der Waals surface area contributed by atoms with Gasteiger partial charge in [0, 0.05) is 25.9 Å². The van der Waals surface area contributed by atoms with Crippen LogP contribution in [0.5, 0.6) is 0 Å². The maximum atomic E-state index is 4.18. The third-order valence-electron chi connectivity index (χ3n) is 3.91. The van der Waals surface area contributed by atoms with Gasteiger partial charge >= 0.3 is 0 Å². The fourth-order valence-electron chi connectivity index (χ4n) is 2.93. The Morgan fingerprint density at radius 2 is 2.14 bits per heavy atom. The highest BCUT2D eigenvalue weighted by atomic mass is 15.3. The van der Waals surface area contributed by atoms with Gasteiger partial charge in [-0.3, -0.25) is 0 Å². The minimum absolute atomic E-state index is 0.649. The minimum Gasteiger partial charge on any atom is -0.245 e. The number of hydrogen-bond donors (Lipinski definition) is 0. The Hall–Kier alpha value is -0.370. The maximum absolute atomic E-state index is 4.18. The molecule has 2 saturated heterocycles. The van der Waals surface area contributed by atoms with Crippen LogP contribution in [0.1, 0.15) is 39.0 Å². The van der Waals surface area contributed by atoms with Crippen LogP contribution in [0.15, 0.2) is 0 Å². The summed E-state index contributed by atoms with van der Waals surface area (Å²) in [5.74, 6) is 0.937. The van der Waals surface area contributed by atoms with Crippen LogP contribution in [0.4, 0.5) is 0 Å². The first-order valence-electron chi connectivity index (χ1n) is 6.12. The molecule has 0 aromatic carbocycles. The lowest BCUT2D eigenvalue weighted by Crippen LogP contribution is -2.48. The predicted octanol–water partition coefficient (Wildman–Crippen LogP) is 1.94. The van der Waals surface area contributed by atoms with Crippen LogP contribution >= 0.6 is 0 Å². The van der Waals surface area contributed by atoms with Crippen molar-refractivity contribution < 1.29 is 4.58 Å². The van der Waals surface area contributed by atoms with E-state index >= 15 is 0 Å². The third kappa shape index (κ3) is 2.00. The Balaban J connectivity index is 2.05. The fourth-order valence-corrected chi connectivity index (χ4v) is 2.93. The molecule has 2 rings (SSSR count). The topological polar surface area (TPSA) is 6.25 Å². The SMILES string of the molecule is C=[N+]1CCCN2CCCC(CC)C[C@H]21. The molecule has 2 nitrogen and oxygen atoms in total. The van der Waals surface area contributed by atoms with Crippen LogP contribution in [0, 0.1) is 5.92 Å². The Morgan fingerprint density at radius 3 is 2.93 bits per heavy atom. The average molecular weight is 195 g/mol. The minimum atomic E-state index is 0.649. The molecule has 2 heterocycles. The summed E-state index contributed by atoms with van der Waals surface area (Å²) in [7, 11) is 0. The summed E-state index contributed by atoms with van der Waals surface area (Å²) in [6.45, 7) is 10.3. The molecule has 0 spiro atoms. The van der Waals surface area contributed by atoms with E-state index in [1.165, 1.54) is 51.7 Å². The van der Waals surface area contributed by atoms with E-state index in [1.807, 2.05) is 0 Å². The van der Waals surface area contributed by atoms with Gasteiger partial charge in [0.25, 0.3) is 0 Å². The Labute approximate surface area is 87.6 Å². The molecule has 2 atom stereocenters. The van der Waals surface area contributed by atoms with Crippen molar-refractivity contribution in [3.05, 3.63) is 0 Å². The number of nitrogens with zero attached hydrogens (tertiary/aromatic N) is 2. The lowest BCUT2D eigenvalue weighted by atomic mass is 9.96. The van der Waals surface area contributed by atoms with E-state index in [9.17, 15) is 0 Å². The molecule has 0 aliphatic carbocycles. The van der Waals surface area contributed by atoms with Crippen LogP contribution in [0.3, 0.4) is 0 Å². The summed E-state index contributed by atoms with van der Waals surface area (Å²) in [6, 6.07) is 0. The molecule has 0 amide bonds. The van der Waals surface area contributed by atoms with Crippen molar-refractivity contribution in [3.63, 3.8) is 0 Å². The van der Waals surface area contributed by atoms with Gasteiger partial charge in [0.15, 0.2) is 0 Å². The van der Waals surface area contributed by atoms with Crippen molar-refractivity contribution >= 4 is 6.72 Å². The molecule has 0 aromatic rings. The van der Waals surface area contributed by atoms with Gasteiger partial charge in [-0.2, -0.15) is 0 Å². The molecule has 2 heteroatoms. The zero-order valence-electron chi connectivity index (χ0n) is 9.41. The van der Waals surface area contributed by atoms with Gasteiger partial charge in [-0.05, 0) is 18.8 Å². The molecule has 80 valence electrons. The third-order valence-corrected chi connectivity index (χ3v) is 3.91. The number of rotatable bonds is 1. The van der Waals surface area contributed by atoms with Crippen molar-refractivity contribution in [3.8, 4) is 0 Å². The average Bonchev–Trinajstić information content (AvgIpc) is 2.40. The predicted molar refractivity (Wildman–Crippen MR) is 59.9 cm³/mol. The first kappa shape index (κ1) is 10.2. The zero-order chi connectivity index (χ0) is 9.97. The molecular formula is C12H23N2+. The van der Waals surface area contributed by atoms with Crippen LogP contribution in [-0.4, -0.2) is 42.0 Å². The molecule has 1 unspecified atom stereocenters. The van der Waals surface area contributed by atoms with Gasteiger partial charge in [0.1, 0.15) is 13.3 Å². The van der Waals surface area contributed by atoms with Crippen molar-refractivity contribution in [2.45, 2.75) is 45.2 Å². The van der Waals surface area contributed by atoms with E-state index in [-0.39, 0.29) is 0 Å². The summed E-state index contributed by atoms with van der Waals surface area (Å²) < 4.78 is 2.32. The van der Waals surface area contributed by atoms with Crippen molar-refractivity contribution in [2.24, 2.45) is 5.92 Å². The molecule has 0 aromatic heterocycles. The summed E-state index contributed by atoms with van der Waals surface area (Å²) in [5, 5.41) is 0. The lowest BCUT2D eigenvalue weighted by molar-refractivity contribution is -0.597. The van der Waals surface area contributed by atoms with Crippen LogP contribution in [-0.2, 0) is 0 Å². The Kier molecular flexibility index (Phi) is 3.22. The van der Waals surface area contributed by atoms with Crippen molar-refractivity contribution in [1.82, 2.24) is 4.90 Å². The second kappa shape index (κ2) is 4.43. The van der Waals surface area contributed by atoms with E-state index in [4.69, 9.17) is 0 Å². The molecule has 0 radical (unpaired) electrons. The molecule has 2 aliphatic heterocycles. The van der Waals surface area contributed by atoms with Gasteiger partial charge in [0.05, 0.1) is 0 Å². The molecule has 14 heavy (non-hydrogen) atoms. The summed E-state index contributed by atoms with van der Waals surface area (Å²) in [4.78, 5) is 2.64. The standard InChI is InChI=1S/C12H23N2/c1-3-11-6-4-8-14-9-5-7-13(2)12(14)10-11/h11-12H,2-10H2,1H3/q+1/t11?,12-/m0/s1. The molecule has 0 saturated carbocycles. The van der Waals surface area contributed by atoms with E-state index in [0.717, 1.165) is 5.92 Å². The normalized spacial score (nSPS) is 35.1. The van der Waals surface area contributed by atoms with Gasteiger partial charge in [0.2, 0.25) is 6.17 Å². The fraction of sp³-hybridized carbons (Fsp3) is 0.917. The molecular weight excluding hydrogens is 172 g/mol. The molecule has 2 fully saturated rings. The largest absolute Gasteiger partial charge is 0.245 e. The van der Waals surface area contributed by atoms with Gasteiger partial charge in [-0.25, -0.2) is 9.48 Å². The van der Waals surface area contributed by atoms with Crippen molar-refractivity contribution in [1.29, 1.82) is 0 Å². The van der Waals surface area contributed by atoms with E-state index in [2.05, 4.69) is 23.1 Å². The van der Waals surface area contributed by atoms with Gasteiger partial charge < -0.3 is 0 Å². The monoisotopic (exact) mass is 195 g/mol. The van der Waals surface area contributed by atoms with E-state index in [0.29, 0.717) is 6.17 Å². The first-order valence-corrected chi connectivity index (χ1v) is 6.12. The summed E-state index contributed by atoms with van der Waals surface area (Å²) in [5.41, 5.74) is 0. The van der Waals surface area contributed by atoms with Crippen LogP contribution in [0.25, 0.3) is 0 Å². The van der Waals surface area contributed by atoms with Crippen LogP contribution < -0.4 is 0 Å². The zero-order valence-corrected chi connectivity index (χ0v) is 9.41. The summed E-state index contributed by atoms with van der Waals surface area (Å²) >= 11 is 0. The summed E-state index contributed by atoms with van der Waals surface area (Å²) in [6.07, 6.45) is 7.46. The van der Waals surface area contributed by atoms with Crippen molar-refractivity contribution in [2.75, 3.05) is 19.6 Å². The molecule has 0 bridgehead atoms. The van der Waals surface area contributed by atoms with Gasteiger partial charge in [-0.1, -0.05) is 13.3 Å². The Bertz CT molecular complexity index is 212. The highest BCUT2D eigenvalue weighted by molar-refractivity contribution is 5.15. The lowest BCUT2D eigenvalue weighted by Gasteiger charge is -2.31.